The van der Waals surface area contributed by atoms with Crippen molar-refractivity contribution < 1.29 is 0 Å². The molecule has 13 rings (SSSR count). The second-order valence-corrected chi connectivity index (χ2v) is 23.4. The highest BCUT2D eigenvalue weighted by Crippen LogP contribution is 2.60. The zero-order valence-electron chi connectivity index (χ0n) is 38.9. The summed E-state index contributed by atoms with van der Waals surface area (Å²) in [6, 6.07) is 62.8. The van der Waals surface area contributed by atoms with Gasteiger partial charge in [0.2, 0.25) is 0 Å². The molecule has 0 saturated carbocycles. The van der Waals surface area contributed by atoms with Crippen LogP contribution >= 0.6 is 22.7 Å². The summed E-state index contributed by atoms with van der Waals surface area (Å²) in [7, 11) is 0. The third-order valence-corrected chi connectivity index (χ3v) is 17.3. The van der Waals surface area contributed by atoms with Gasteiger partial charge in [-0.25, -0.2) is 0 Å². The molecule has 2 nitrogen and oxygen atoms in total. The number of benzene rings is 8. The summed E-state index contributed by atoms with van der Waals surface area (Å²) < 4.78 is 3.99. The van der Waals surface area contributed by atoms with Crippen LogP contribution in [0.2, 0.25) is 0 Å². The molecule has 320 valence electrons. The highest BCUT2D eigenvalue weighted by atomic mass is 32.1. The third-order valence-electron chi connectivity index (χ3n) is 15.0. The van der Waals surface area contributed by atoms with Gasteiger partial charge < -0.3 is 9.71 Å². The Morgan fingerprint density at radius 1 is 0.485 bits per heavy atom. The largest absolute Gasteiger partial charge is 0.376 e. The average molecular weight is 887 g/mol. The second kappa shape index (κ2) is 13.8. The Balaban J connectivity index is 1.24. The molecule has 1 aliphatic carbocycles. The molecule has 0 fully saturated rings. The van der Waals surface area contributed by atoms with Gasteiger partial charge in [-0.2, -0.15) is 0 Å². The molecule has 0 bridgehead atoms. The zero-order chi connectivity index (χ0) is 45.0. The smallest absolute Gasteiger partial charge is 0.334 e. The lowest BCUT2D eigenvalue weighted by molar-refractivity contribution is 0.590. The first-order valence-electron chi connectivity index (χ1n) is 23.5. The van der Waals surface area contributed by atoms with Gasteiger partial charge in [-0.3, -0.25) is 0 Å². The highest BCUT2D eigenvalue weighted by Gasteiger charge is 2.51. The molecule has 5 heteroatoms. The maximum Gasteiger partial charge on any atom is 0.334 e. The fourth-order valence-electron chi connectivity index (χ4n) is 11.7. The Kier molecular flexibility index (Phi) is 8.36. The number of nitrogens with zero attached hydrogens (tertiary/aromatic N) is 2. The summed E-state index contributed by atoms with van der Waals surface area (Å²) >= 11 is 3.90. The van der Waals surface area contributed by atoms with Crippen LogP contribution < -0.4 is 20.6 Å². The van der Waals surface area contributed by atoms with Crippen molar-refractivity contribution in [2.24, 2.45) is 0 Å². The van der Waals surface area contributed by atoms with E-state index in [0.717, 1.165) is 0 Å². The Morgan fingerprint density at radius 3 is 1.86 bits per heavy atom. The van der Waals surface area contributed by atoms with Gasteiger partial charge in [0.05, 0.1) is 10.7 Å². The molecule has 0 saturated heterocycles. The van der Waals surface area contributed by atoms with E-state index in [0.29, 0.717) is 0 Å². The molecule has 2 aromatic heterocycles. The minimum atomic E-state index is -0.251. The monoisotopic (exact) mass is 886 g/mol. The van der Waals surface area contributed by atoms with Gasteiger partial charge in [-0.1, -0.05) is 171 Å². The lowest BCUT2D eigenvalue weighted by Crippen LogP contribution is -2.61. The Bertz CT molecular complexity index is 3650. The van der Waals surface area contributed by atoms with E-state index in [1.54, 1.807) is 0 Å². The van der Waals surface area contributed by atoms with E-state index in [-0.39, 0.29) is 23.1 Å². The normalized spacial score (nSPS) is 14.7. The first-order chi connectivity index (χ1) is 31.8. The molecular formula is C61H51BN2S2. The fourth-order valence-corrected chi connectivity index (χ4v) is 14.2. The van der Waals surface area contributed by atoms with Crippen molar-refractivity contribution in [3.05, 3.63) is 186 Å². The van der Waals surface area contributed by atoms with Crippen molar-refractivity contribution in [3.8, 4) is 33.4 Å². The molecule has 0 spiro atoms. The Labute approximate surface area is 396 Å². The number of hydrogen-bond donors (Lipinski definition) is 0. The number of rotatable bonds is 3. The van der Waals surface area contributed by atoms with Gasteiger partial charge in [0.25, 0.3) is 0 Å². The van der Waals surface area contributed by atoms with Gasteiger partial charge in [-0.15, -0.1) is 22.7 Å². The third kappa shape index (κ3) is 5.54. The molecule has 0 unspecified atom stereocenters. The first-order valence-corrected chi connectivity index (χ1v) is 25.1. The predicted molar refractivity (Wildman–Crippen MR) is 289 cm³/mol. The quantitative estimate of drug-likeness (QED) is 0.163. The van der Waals surface area contributed by atoms with E-state index >= 15 is 0 Å². The van der Waals surface area contributed by atoms with E-state index in [1.165, 1.54) is 125 Å². The highest BCUT2D eigenvalue weighted by molar-refractivity contribution is 7.27. The van der Waals surface area contributed by atoms with Crippen molar-refractivity contribution in [1.29, 1.82) is 0 Å². The minimum absolute atomic E-state index is 0.0256. The molecule has 4 heterocycles. The van der Waals surface area contributed by atoms with E-state index < -0.39 is 0 Å². The molecule has 0 N–H and O–H groups in total. The topological polar surface area (TPSA) is 6.48 Å². The molecule has 8 aromatic carbocycles. The lowest BCUT2D eigenvalue weighted by atomic mass is 9.43. The van der Waals surface area contributed by atoms with Crippen molar-refractivity contribution in [2.75, 3.05) is 9.71 Å². The summed E-state index contributed by atoms with van der Waals surface area (Å²) in [4.78, 5) is 5.42. The summed E-state index contributed by atoms with van der Waals surface area (Å²) in [5, 5.41) is 5.26. The van der Waals surface area contributed by atoms with E-state index in [2.05, 4.69) is 229 Å². The molecular weight excluding hydrogens is 836 g/mol. The summed E-state index contributed by atoms with van der Waals surface area (Å²) in [6.45, 7) is 18.8. The lowest BCUT2D eigenvalue weighted by Gasteiger charge is -2.46. The van der Waals surface area contributed by atoms with Gasteiger partial charge >= 0.3 is 6.85 Å². The maximum absolute atomic E-state index is 2.73. The van der Waals surface area contributed by atoms with Gasteiger partial charge in [-0.05, 0) is 120 Å². The SMILES string of the molecule is CC(C)(C)c1ccc(N2B3c4c(cc5c(c4-c4c2ccc2c4sc4ccccc42)C(C)(C)c2ccccc2-5)N(c2ccc(C(C)(C)C)cc2-c2ccccc2)c2sc4ccccc4c23)cc1. The molecule has 66 heavy (non-hydrogen) atoms. The van der Waals surface area contributed by atoms with Crippen LogP contribution in [0.1, 0.15) is 77.6 Å². The Morgan fingerprint density at radius 2 is 1.12 bits per heavy atom. The molecule has 0 atom stereocenters. The van der Waals surface area contributed by atoms with Crippen LogP contribution in [0.25, 0.3) is 63.6 Å². The average Bonchev–Trinajstić information content (AvgIpc) is 3.96. The number of hydrogen-bond acceptors (Lipinski definition) is 4. The van der Waals surface area contributed by atoms with Crippen molar-refractivity contribution in [3.63, 3.8) is 0 Å². The standard InChI is InChI=1S/C61H51BN2S2/c1-59(2,3)37-26-29-39(30-27-37)64-48-33-31-42-41-21-13-16-24-50(41)65-57(42)52(48)53-54-45(40-20-12-15-23-46(40)61(54,7)8)35-49-56(53)62(64)55-43-22-14-17-25-51(43)66-58(55)63(49)47-32-28-38(60(4,5)6)34-44(47)36-18-10-9-11-19-36/h9-35H,1-8H3. The summed E-state index contributed by atoms with van der Waals surface area (Å²) in [5.41, 5.74) is 20.9. The number of fused-ring (bicyclic) bond motifs is 14. The first kappa shape index (κ1) is 39.9. The van der Waals surface area contributed by atoms with Crippen LogP contribution in [0.15, 0.2) is 164 Å². The molecule has 10 aromatic rings. The summed E-state index contributed by atoms with van der Waals surface area (Å²) in [6.07, 6.45) is 0. The summed E-state index contributed by atoms with van der Waals surface area (Å²) in [5.74, 6) is 0. The zero-order valence-corrected chi connectivity index (χ0v) is 40.5. The van der Waals surface area contributed by atoms with Crippen molar-refractivity contribution in [1.82, 2.24) is 0 Å². The van der Waals surface area contributed by atoms with Crippen LogP contribution in [0.3, 0.4) is 0 Å². The number of anilines is 5. The van der Waals surface area contributed by atoms with Crippen LogP contribution in [-0.4, -0.2) is 6.85 Å². The van der Waals surface area contributed by atoms with Crippen LogP contribution in [-0.2, 0) is 16.2 Å². The van der Waals surface area contributed by atoms with Gasteiger partial charge in [0, 0.05) is 58.5 Å². The van der Waals surface area contributed by atoms with E-state index in [9.17, 15) is 0 Å². The van der Waals surface area contributed by atoms with Gasteiger partial charge in [0.1, 0.15) is 0 Å². The fraction of sp³-hybridized carbons (Fsp3) is 0.180. The Hall–Kier alpha value is -6.40. The van der Waals surface area contributed by atoms with Gasteiger partial charge in [0.15, 0.2) is 0 Å². The molecule has 2 aliphatic heterocycles. The molecule has 0 amide bonds. The second-order valence-electron chi connectivity index (χ2n) is 21.3. The van der Waals surface area contributed by atoms with Crippen LogP contribution in [0.4, 0.5) is 27.8 Å². The maximum atomic E-state index is 2.73. The van der Waals surface area contributed by atoms with Crippen molar-refractivity contribution in [2.45, 2.75) is 71.6 Å². The van der Waals surface area contributed by atoms with Crippen LogP contribution in [0, 0.1) is 0 Å². The predicted octanol–water partition coefficient (Wildman–Crippen LogP) is 16.5. The van der Waals surface area contributed by atoms with E-state index in [1.807, 2.05) is 22.7 Å². The molecule has 3 aliphatic rings. The molecule has 0 radical (unpaired) electrons. The van der Waals surface area contributed by atoms with Crippen LogP contribution in [0.5, 0.6) is 0 Å². The van der Waals surface area contributed by atoms with Crippen molar-refractivity contribution >= 4 is 98.5 Å². The van der Waals surface area contributed by atoms with E-state index in [4.69, 9.17) is 0 Å². The number of thiophene rings is 2. The minimum Gasteiger partial charge on any atom is -0.376 e.